The summed E-state index contributed by atoms with van der Waals surface area (Å²) in [6.07, 6.45) is 2.04. The molecule has 0 aliphatic rings. The first-order valence-corrected chi connectivity index (χ1v) is 8.40. The van der Waals surface area contributed by atoms with E-state index in [-0.39, 0.29) is 0 Å². The van der Waals surface area contributed by atoms with Gasteiger partial charge in [0, 0.05) is 17.0 Å². The Hall–Kier alpha value is -1.70. The molecule has 1 aromatic carbocycles. The van der Waals surface area contributed by atoms with E-state index in [0.717, 1.165) is 21.1 Å². The Morgan fingerprint density at radius 3 is 2.62 bits per heavy atom. The maximum absolute atomic E-state index is 5.61. The summed E-state index contributed by atoms with van der Waals surface area (Å²) in [7, 11) is 0. The lowest BCUT2D eigenvalue weighted by atomic mass is 10.2. The first-order chi connectivity index (χ1) is 10.2. The van der Waals surface area contributed by atoms with Crippen LogP contribution >= 0.6 is 23.1 Å². The molecule has 2 heterocycles. The van der Waals surface area contributed by atoms with Crippen LogP contribution in [-0.4, -0.2) is 21.4 Å². The molecule has 2 N–H and O–H groups in total. The Bertz CT molecular complexity index is 749. The largest absolute Gasteiger partial charge is 0.333 e. The Kier molecular flexibility index (Phi) is 4.05. The number of nitrogens with zero attached hydrogens (tertiary/aromatic N) is 3. The number of hydrogen-bond donors (Lipinski definition) is 1. The smallest absolute Gasteiger partial charge is 0.270 e. The first-order valence-electron chi connectivity index (χ1n) is 6.36. The van der Waals surface area contributed by atoms with Gasteiger partial charge in [0.25, 0.3) is 5.89 Å². The molecule has 0 atom stereocenters. The summed E-state index contributed by atoms with van der Waals surface area (Å²) in [6, 6.07) is 8.07. The minimum absolute atomic E-state index is 0.419. The number of rotatable bonds is 4. The van der Waals surface area contributed by atoms with Crippen LogP contribution in [0.15, 0.2) is 33.7 Å². The third-order valence-corrected chi connectivity index (χ3v) is 4.90. The van der Waals surface area contributed by atoms with Gasteiger partial charge < -0.3 is 10.3 Å². The standard InChI is InChI=1S/C14H14N4OS2/c1-8-12(21-11(7-15)16-8)14-17-13(18-19-14)9-3-5-10(20-2)6-4-9/h3-6H,7,15H2,1-2H3. The number of thiazole rings is 1. The van der Waals surface area contributed by atoms with Crippen molar-refractivity contribution in [3.63, 3.8) is 0 Å². The summed E-state index contributed by atoms with van der Waals surface area (Å²) in [6.45, 7) is 2.34. The summed E-state index contributed by atoms with van der Waals surface area (Å²) in [5, 5.41) is 4.92. The minimum Gasteiger partial charge on any atom is -0.333 e. The third kappa shape index (κ3) is 2.85. The summed E-state index contributed by atoms with van der Waals surface area (Å²) in [4.78, 5) is 10.9. The van der Waals surface area contributed by atoms with Gasteiger partial charge in [0.2, 0.25) is 5.82 Å². The molecule has 3 rings (SSSR count). The molecule has 21 heavy (non-hydrogen) atoms. The van der Waals surface area contributed by atoms with E-state index < -0.39 is 0 Å². The highest BCUT2D eigenvalue weighted by atomic mass is 32.2. The molecule has 0 aliphatic heterocycles. The SMILES string of the molecule is CSc1ccc(-c2noc(-c3sc(CN)nc3C)n2)cc1. The normalized spacial score (nSPS) is 11.0. The second-order valence-corrected chi connectivity index (χ2v) is 6.34. The van der Waals surface area contributed by atoms with E-state index in [9.17, 15) is 0 Å². The summed E-state index contributed by atoms with van der Waals surface area (Å²) < 4.78 is 5.36. The molecule has 5 nitrogen and oxygen atoms in total. The monoisotopic (exact) mass is 318 g/mol. The molecule has 0 bridgehead atoms. The molecular formula is C14H14N4OS2. The molecule has 0 saturated carbocycles. The summed E-state index contributed by atoms with van der Waals surface area (Å²) >= 11 is 3.19. The van der Waals surface area contributed by atoms with E-state index in [1.807, 2.05) is 37.4 Å². The van der Waals surface area contributed by atoms with Gasteiger partial charge in [0.15, 0.2) is 0 Å². The number of aromatic nitrogens is 3. The van der Waals surface area contributed by atoms with E-state index in [4.69, 9.17) is 10.3 Å². The summed E-state index contributed by atoms with van der Waals surface area (Å²) in [5.74, 6) is 1.08. The zero-order valence-corrected chi connectivity index (χ0v) is 13.3. The van der Waals surface area contributed by atoms with E-state index in [1.54, 1.807) is 11.8 Å². The van der Waals surface area contributed by atoms with Crippen LogP contribution in [0.25, 0.3) is 22.2 Å². The van der Waals surface area contributed by atoms with Gasteiger partial charge in [-0.1, -0.05) is 5.16 Å². The van der Waals surface area contributed by atoms with Crippen LogP contribution < -0.4 is 5.73 Å². The predicted octanol–water partition coefficient (Wildman–Crippen LogP) is 3.35. The fraction of sp³-hybridized carbons (Fsp3) is 0.214. The van der Waals surface area contributed by atoms with E-state index in [2.05, 4.69) is 15.1 Å². The van der Waals surface area contributed by atoms with Crippen molar-refractivity contribution in [2.24, 2.45) is 5.73 Å². The van der Waals surface area contributed by atoms with Crippen molar-refractivity contribution in [2.45, 2.75) is 18.4 Å². The molecule has 0 saturated heterocycles. The van der Waals surface area contributed by atoms with Crippen LogP contribution in [0.1, 0.15) is 10.7 Å². The van der Waals surface area contributed by atoms with Crippen molar-refractivity contribution < 1.29 is 4.52 Å². The second-order valence-electron chi connectivity index (χ2n) is 4.38. The van der Waals surface area contributed by atoms with Crippen LogP contribution in [0, 0.1) is 6.92 Å². The lowest BCUT2D eigenvalue weighted by Gasteiger charge is -1.96. The Morgan fingerprint density at radius 1 is 1.24 bits per heavy atom. The van der Waals surface area contributed by atoms with Crippen molar-refractivity contribution >= 4 is 23.1 Å². The van der Waals surface area contributed by atoms with E-state index in [1.165, 1.54) is 16.2 Å². The van der Waals surface area contributed by atoms with Crippen molar-refractivity contribution in [1.82, 2.24) is 15.1 Å². The molecule has 3 aromatic rings. The average Bonchev–Trinajstić information content (AvgIpc) is 3.13. The Balaban J connectivity index is 1.93. The van der Waals surface area contributed by atoms with Crippen LogP contribution in [0.5, 0.6) is 0 Å². The molecule has 0 radical (unpaired) electrons. The molecule has 7 heteroatoms. The lowest BCUT2D eigenvalue weighted by molar-refractivity contribution is 0.433. The highest BCUT2D eigenvalue weighted by molar-refractivity contribution is 7.98. The highest BCUT2D eigenvalue weighted by Crippen LogP contribution is 2.30. The number of hydrogen-bond acceptors (Lipinski definition) is 7. The zero-order valence-electron chi connectivity index (χ0n) is 11.7. The molecule has 0 fully saturated rings. The summed E-state index contributed by atoms with van der Waals surface area (Å²) in [5.41, 5.74) is 7.42. The average molecular weight is 318 g/mol. The van der Waals surface area contributed by atoms with Crippen LogP contribution in [0.4, 0.5) is 0 Å². The van der Waals surface area contributed by atoms with Crippen molar-refractivity contribution in [3.05, 3.63) is 35.0 Å². The maximum atomic E-state index is 5.61. The van der Waals surface area contributed by atoms with Crippen molar-refractivity contribution in [2.75, 3.05) is 6.26 Å². The number of benzene rings is 1. The topological polar surface area (TPSA) is 77.8 Å². The van der Waals surface area contributed by atoms with Crippen LogP contribution in [0.3, 0.4) is 0 Å². The maximum Gasteiger partial charge on any atom is 0.270 e. The van der Waals surface area contributed by atoms with Crippen LogP contribution in [-0.2, 0) is 6.54 Å². The second kappa shape index (κ2) is 5.97. The van der Waals surface area contributed by atoms with Gasteiger partial charge in [-0.15, -0.1) is 23.1 Å². The number of nitrogens with two attached hydrogens (primary N) is 1. The van der Waals surface area contributed by atoms with Crippen molar-refractivity contribution in [3.8, 4) is 22.2 Å². The van der Waals surface area contributed by atoms with Gasteiger partial charge in [0.1, 0.15) is 9.88 Å². The molecule has 108 valence electrons. The highest BCUT2D eigenvalue weighted by Gasteiger charge is 2.16. The molecule has 0 amide bonds. The van der Waals surface area contributed by atoms with Gasteiger partial charge in [-0.3, -0.25) is 0 Å². The molecule has 0 aliphatic carbocycles. The van der Waals surface area contributed by atoms with E-state index >= 15 is 0 Å². The molecular weight excluding hydrogens is 304 g/mol. The first kappa shape index (κ1) is 14.2. The van der Waals surface area contributed by atoms with Gasteiger partial charge in [-0.2, -0.15) is 4.98 Å². The molecule has 2 aromatic heterocycles. The minimum atomic E-state index is 0.419. The fourth-order valence-corrected chi connectivity index (χ4v) is 3.18. The van der Waals surface area contributed by atoms with E-state index in [0.29, 0.717) is 18.3 Å². The van der Waals surface area contributed by atoms with Crippen molar-refractivity contribution in [1.29, 1.82) is 0 Å². The zero-order chi connectivity index (χ0) is 14.8. The van der Waals surface area contributed by atoms with Gasteiger partial charge in [-0.05, 0) is 37.4 Å². The number of thioether (sulfide) groups is 1. The van der Waals surface area contributed by atoms with Crippen LogP contribution in [0.2, 0.25) is 0 Å². The Morgan fingerprint density at radius 2 is 2.00 bits per heavy atom. The quantitative estimate of drug-likeness (QED) is 0.743. The van der Waals surface area contributed by atoms with Gasteiger partial charge in [-0.25, -0.2) is 4.98 Å². The molecule has 0 spiro atoms. The number of aryl methyl sites for hydroxylation is 1. The van der Waals surface area contributed by atoms with Gasteiger partial charge in [0.05, 0.1) is 5.69 Å². The molecule has 0 unspecified atom stereocenters. The fourth-order valence-electron chi connectivity index (χ4n) is 1.91. The third-order valence-electron chi connectivity index (χ3n) is 2.98. The lowest BCUT2D eigenvalue weighted by Crippen LogP contribution is -1.94. The Labute approximate surface area is 130 Å². The predicted molar refractivity (Wildman–Crippen MR) is 85.3 cm³/mol. The van der Waals surface area contributed by atoms with Gasteiger partial charge >= 0.3 is 0 Å².